The highest BCUT2D eigenvalue weighted by Gasteiger charge is 2.13. The van der Waals surface area contributed by atoms with E-state index in [4.69, 9.17) is 0 Å². The van der Waals surface area contributed by atoms with Crippen LogP contribution in [0.25, 0.3) is 0 Å². The van der Waals surface area contributed by atoms with Gasteiger partial charge in [-0.15, -0.1) is 0 Å². The molecule has 1 amide bonds. The van der Waals surface area contributed by atoms with Gasteiger partial charge in [0.25, 0.3) is 5.91 Å². The van der Waals surface area contributed by atoms with E-state index in [1.54, 1.807) is 30.5 Å². The van der Waals surface area contributed by atoms with E-state index in [1.807, 2.05) is 6.92 Å². The Kier molecular flexibility index (Phi) is 4.37. The average molecular weight is 304 g/mol. The number of pyridine rings is 1. The number of hydrogen-bond acceptors (Lipinski definition) is 4. The minimum atomic E-state index is -3.21. The molecular formula is C15H16N2O3S. The molecule has 0 spiro atoms. The SMILES string of the molecule is CC(NC(=O)c1cccnc1)c1ccc(S(C)(=O)=O)cc1. The standard InChI is InChI=1S/C15H16N2O3S/c1-11(17-15(18)13-4-3-9-16-10-13)12-5-7-14(8-6-12)21(2,19)20/h3-11H,1-2H3,(H,17,18). The van der Waals surface area contributed by atoms with Gasteiger partial charge < -0.3 is 5.32 Å². The molecule has 1 aromatic carbocycles. The minimum absolute atomic E-state index is 0.220. The molecule has 0 saturated carbocycles. The number of benzene rings is 1. The van der Waals surface area contributed by atoms with Gasteiger partial charge in [0.15, 0.2) is 9.84 Å². The Morgan fingerprint density at radius 2 is 1.86 bits per heavy atom. The van der Waals surface area contributed by atoms with E-state index in [0.29, 0.717) is 5.56 Å². The molecule has 0 aliphatic heterocycles. The summed E-state index contributed by atoms with van der Waals surface area (Å²) in [6.07, 6.45) is 4.26. The third-order valence-corrected chi connectivity index (χ3v) is 4.21. The first-order valence-corrected chi connectivity index (χ1v) is 8.28. The quantitative estimate of drug-likeness (QED) is 0.937. The summed E-state index contributed by atoms with van der Waals surface area (Å²) in [4.78, 5) is 16.2. The van der Waals surface area contributed by atoms with Crippen LogP contribution in [0.1, 0.15) is 28.9 Å². The molecule has 1 unspecified atom stereocenters. The number of aromatic nitrogens is 1. The van der Waals surface area contributed by atoms with Gasteiger partial charge in [-0.3, -0.25) is 9.78 Å². The fourth-order valence-electron chi connectivity index (χ4n) is 1.86. The molecule has 2 rings (SSSR count). The van der Waals surface area contributed by atoms with Gasteiger partial charge in [0, 0.05) is 18.6 Å². The summed E-state index contributed by atoms with van der Waals surface area (Å²) < 4.78 is 22.8. The van der Waals surface area contributed by atoms with Crippen molar-refractivity contribution in [3.63, 3.8) is 0 Å². The topological polar surface area (TPSA) is 76.1 Å². The van der Waals surface area contributed by atoms with Gasteiger partial charge in [0.2, 0.25) is 0 Å². The molecule has 0 radical (unpaired) electrons. The Morgan fingerprint density at radius 1 is 1.19 bits per heavy atom. The Hall–Kier alpha value is -2.21. The summed E-state index contributed by atoms with van der Waals surface area (Å²) in [5.74, 6) is -0.220. The van der Waals surface area contributed by atoms with Gasteiger partial charge in [-0.1, -0.05) is 12.1 Å². The van der Waals surface area contributed by atoms with E-state index >= 15 is 0 Å². The van der Waals surface area contributed by atoms with Crippen molar-refractivity contribution in [2.75, 3.05) is 6.26 Å². The van der Waals surface area contributed by atoms with Gasteiger partial charge in [-0.05, 0) is 36.8 Å². The summed E-state index contributed by atoms with van der Waals surface area (Å²) in [7, 11) is -3.21. The van der Waals surface area contributed by atoms with Gasteiger partial charge in [-0.25, -0.2) is 8.42 Å². The lowest BCUT2D eigenvalue weighted by Gasteiger charge is -2.14. The van der Waals surface area contributed by atoms with Crippen molar-refractivity contribution in [3.8, 4) is 0 Å². The molecule has 0 fully saturated rings. The molecule has 1 atom stereocenters. The molecule has 110 valence electrons. The van der Waals surface area contributed by atoms with Crippen LogP contribution in [0.2, 0.25) is 0 Å². The normalized spacial score (nSPS) is 12.7. The number of carbonyl (C=O) groups excluding carboxylic acids is 1. The zero-order valence-corrected chi connectivity index (χ0v) is 12.6. The highest BCUT2D eigenvalue weighted by atomic mass is 32.2. The van der Waals surface area contributed by atoms with Crippen molar-refractivity contribution in [1.82, 2.24) is 10.3 Å². The first-order valence-electron chi connectivity index (χ1n) is 6.39. The predicted octanol–water partition coefficient (Wildman–Crippen LogP) is 1.98. The first kappa shape index (κ1) is 15.2. The number of nitrogens with one attached hydrogen (secondary N) is 1. The summed E-state index contributed by atoms with van der Waals surface area (Å²) in [6, 6.07) is 9.62. The molecule has 0 bridgehead atoms. The first-order chi connectivity index (χ1) is 9.88. The largest absolute Gasteiger partial charge is 0.345 e. The minimum Gasteiger partial charge on any atom is -0.345 e. The van der Waals surface area contributed by atoms with Crippen molar-refractivity contribution >= 4 is 15.7 Å². The van der Waals surface area contributed by atoms with Crippen molar-refractivity contribution in [3.05, 3.63) is 59.9 Å². The summed E-state index contributed by atoms with van der Waals surface area (Å²) in [5.41, 5.74) is 1.32. The van der Waals surface area contributed by atoms with Gasteiger partial charge >= 0.3 is 0 Å². The maximum atomic E-state index is 12.0. The van der Waals surface area contributed by atoms with Gasteiger partial charge in [-0.2, -0.15) is 0 Å². The number of hydrogen-bond donors (Lipinski definition) is 1. The molecule has 0 aliphatic carbocycles. The van der Waals surface area contributed by atoms with Crippen LogP contribution in [0.3, 0.4) is 0 Å². The molecular weight excluding hydrogens is 288 g/mol. The lowest BCUT2D eigenvalue weighted by molar-refractivity contribution is 0.0939. The number of nitrogens with zero attached hydrogens (tertiary/aromatic N) is 1. The number of rotatable bonds is 4. The van der Waals surface area contributed by atoms with Crippen LogP contribution in [0.4, 0.5) is 0 Å². The zero-order chi connectivity index (χ0) is 15.5. The third-order valence-electron chi connectivity index (χ3n) is 3.08. The van der Waals surface area contributed by atoms with E-state index in [1.165, 1.54) is 18.3 Å². The van der Waals surface area contributed by atoms with E-state index in [-0.39, 0.29) is 16.8 Å². The van der Waals surface area contributed by atoms with E-state index in [2.05, 4.69) is 10.3 Å². The molecule has 0 aliphatic rings. The molecule has 5 nitrogen and oxygen atoms in total. The average Bonchev–Trinajstić information content (AvgIpc) is 2.47. The van der Waals surface area contributed by atoms with Crippen molar-refractivity contribution in [2.45, 2.75) is 17.9 Å². The lowest BCUT2D eigenvalue weighted by Crippen LogP contribution is -2.26. The smallest absolute Gasteiger partial charge is 0.253 e. The monoisotopic (exact) mass is 304 g/mol. The Labute approximate surface area is 124 Å². The summed E-state index contributed by atoms with van der Waals surface area (Å²) in [6.45, 7) is 1.84. The van der Waals surface area contributed by atoms with Crippen LogP contribution >= 0.6 is 0 Å². The summed E-state index contributed by atoms with van der Waals surface area (Å²) >= 11 is 0. The van der Waals surface area contributed by atoms with E-state index < -0.39 is 9.84 Å². The Balaban J connectivity index is 2.10. The third kappa shape index (κ3) is 3.88. The van der Waals surface area contributed by atoms with E-state index in [9.17, 15) is 13.2 Å². The van der Waals surface area contributed by atoms with Crippen LogP contribution in [-0.4, -0.2) is 25.6 Å². The second-order valence-electron chi connectivity index (χ2n) is 4.78. The summed E-state index contributed by atoms with van der Waals surface area (Å²) in [5, 5.41) is 2.84. The Bertz CT molecular complexity index is 725. The van der Waals surface area contributed by atoms with Crippen LogP contribution in [0.15, 0.2) is 53.7 Å². The lowest BCUT2D eigenvalue weighted by atomic mass is 10.1. The molecule has 0 saturated heterocycles. The molecule has 1 aromatic heterocycles. The fourth-order valence-corrected chi connectivity index (χ4v) is 2.49. The van der Waals surface area contributed by atoms with Gasteiger partial charge in [0.1, 0.15) is 0 Å². The van der Waals surface area contributed by atoms with Crippen LogP contribution in [0.5, 0.6) is 0 Å². The maximum Gasteiger partial charge on any atom is 0.253 e. The van der Waals surface area contributed by atoms with Crippen molar-refractivity contribution in [1.29, 1.82) is 0 Å². The van der Waals surface area contributed by atoms with E-state index in [0.717, 1.165) is 11.8 Å². The molecule has 1 N–H and O–H groups in total. The zero-order valence-electron chi connectivity index (χ0n) is 11.8. The molecule has 21 heavy (non-hydrogen) atoms. The highest BCUT2D eigenvalue weighted by molar-refractivity contribution is 7.90. The fraction of sp³-hybridized carbons (Fsp3) is 0.200. The molecule has 6 heteroatoms. The number of carbonyl (C=O) groups is 1. The van der Waals surface area contributed by atoms with Crippen LogP contribution in [0, 0.1) is 0 Å². The molecule has 1 heterocycles. The van der Waals surface area contributed by atoms with Crippen LogP contribution < -0.4 is 5.32 Å². The second-order valence-corrected chi connectivity index (χ2v) is 6.79. The Morgan fingerprint density at radius 3 is 2.38 bits per heavy atom. The second kappa shape index (κ2) is 6.05. The van der Waals surface area contributed by atoms with Crippen molar-refractivity contribution < 1.29 is 13.2 Å². The number of amides is 1. The maximum absolute atomic E-state index is 12.0. The molecule has 2 aromatic rings. The predicted molar refractivity (Wildman–Crippen MR) is 79.7 cm³/mol. The number of sulfone groups is 1. The van der Waals surface area contributed by atoms with Gasteiger partial charge in [0.05, 0.1) is 16.5 Å². The van der Waals surface area contributed by atoms with Crippen molar-refractivity contribution in [2.24, 2.45) is 0 Å². The highest BCUT2D eigenvalue weighted by Crippen LogP contribution is 2.16. The van der Waals surface area contributed by atoms with Crippen LogP contribution in [-0.2, 0) is 9.84 Å².